The Balaban J connectivity index is 1.26. The molecule has 0 aromatic heterocycles. The molecular formula is C36H50N4O4. The lowest BCUT2D eigenvalue weighted by molar-refractivity contribution is 0.391. The Morgan fingerprint density at radius 2 is 1.00 bits per heavy atom. The van der Waals surface area contributed by atoms with E-state index in [4.69, 9.17) is 9.47 Å². The van der Waals surface area contributed by atoms with E-state index in [1.807, 2.05) is 36.4 Å². The van der Waals surface area contributed by atoms with Crippen LogP contribution < -0.4 is 20.1 Å². The molecule has 0 saturated carbocycles. The van der Waals surface area contributed by atoms with Crippen molar-refractivity contribution >= 4 is 12.4 Å². The van der Waals surface area contributed by atoms with Crippen LogP contribution in [-0.4, -0.2) is 63.0 Å². The van der Waals surface area contributed by atoms with Crippen molar-refractivity contribution in [2.75, 3.05) is 40.4 Å². The van der Waals surface area contributed by atoms with Crippen molar-refractivity contribution in [1.29, 1.82) is 0 Å². The summed E-state index contributed by atoms with van der Waals surface area (Å²) in [6.45, 7) is 4.90. The van der Waals surface area contributed by atoms with Gasteiger partial charge >= 0.3 is 0 Å². The van der Waals surface area contributed by atoms with E-state index in [1.165, 1.54) is 0 Å². The number of nitrogens with zero attached hydrogens (tertiary/aromatic N) is 2. The molecule has 0 aliphatic rings. The van der Waals surface area contributed by atoms with Gasteiger partial charge in [-0.05, 0) is 75.2 Å². The molecule has 0 heterocycles. The van der Waals surface area contributed by atoms with Crippen molar-refractivity contribution in [1.82, 2.24) is 10.6 Å². The van der Waals surface area contributed by atoms with Crippen LogP contribution in [0.4, 0.5) is 0 Å². The van der Waals surface area contributed by atoms with Gasteiger partial charge in [-0.15, -0.1) is 0 Å². The molecule has 0 radical (unpaired) electrons. The molecule has 44 heavy (non-hydrogen) atoms. The minimum atomic E-state index is 0.270. The predicted octanol–water partition coefficient (Wildman–Crippen LogP) is 6.65. The fourth-order valence-corrected chi connectivity index (χ4v) is 4.88. The second-order valence-corrected chi connectivity index (χ2v) is 10.8. The lowest BCUT2D eigenvalue weighted by Crippen LogP contribution is -2.17. The molecule has 0 unspecified atom stereocenters. The van der Waals surface area contributed by atoms with Gasteiger partial charge in [0.25, 0.3) is 0 Å². The summed E-state index contributed by atoms with van der Waals surface area (Å²) in [5.74, 6) is 2.29. The van der Waals surface area contributed by atoms with E-state index in [1.54, 1.807) is 38.8 Å². The van der Waals surface area contributed by atoms with Crippen LogP contribution in [0.2, 0.25) is 0 Å². The van der Waals surface area contributed by atoms with Crippen molar-refractivity contribution in [3.8, 4) is 23.0 Å². The number of unbranched alkanes of at least 4 members (excludes halogenated alkanes) is 6. The predicted molar refractivity (Wildman–Crippen MR) is 181 cm³/mol. The van der Waals surface area contributed by atoms with Gasteiger partial charge in [0.15, 0.2) is 0 Å². The highest BCUT2D eigenvalue weighted by Crippen LogP contribution is 2.29. The first-order valence-corrected chi connectivity index (χ1v) is 15.8. The maximum atomic E-state index is 9.78. The number of nitrogens with one attached hydrogen (secondary N) is 2. The van der Waals surface area contributed by atoms with E-state index in [0.29, 0.717) is 0 Å². The van der Waals surface area contributed by atoms with Crippen LogP contribution in [0.5, 0.6) is 23.0 Å². The molecule has 0 aliphatic carbocycles. The third kappa shape index (κ3) is 12.8. The number of phenolic OH excluding ortho intramolecular Hbond substituents is 2. The number of methoxy groups -OCH3 is 2. The third-order valence-corrected chi connectivity index (χ3v) is 7.43. The molecule has 3 aromatic rings. The van der Waals surface area contributed by atoms with Crippen molar-refractivity contribution in [3.63, 3.8) is 0 Å². The quantitative estimate of drug-likeness (QED) is 0.0758. The van der Waals surface area contributed by atoms with E-state index in [0.717, 1.165) is 124 Å². The highest BCUT2D eigenvalue weighted by atomic mass is 16.5. The van der Waals surface area contributed by atoms with Gasteiger partial charge in [0.1, 0.15) is 23.0 Å². The Labute approximate surface area is 263 Å². The smallest absolute Gasteiger partial charge is 0.124 e. The first-order chi connectivity index (χ1) is 21.6. The van der Waals surface area contributed by atoms with Crippen molar-refractivity contribution < 1.29 is 19.7 Å². The number of para-hydroxylation sites is 2. The molecule has 0 saturated heterocycles. The maximum Gasteiger partial charge on any atom is 0.124 e. The Kier molecular flexibility index (Phi) is 16.5. The van der Waals surface area contributed by atoms with Crippen LogP contribution in [0.25, 0.3) is 0 Å². The Morgan fingerprint density at radius 1 is 0.591 bits per heavy atom. The summed E-state index contributed by atoms with van der Waals surface area (Å²) in [4.78, 5) is 8.86. The number of hydrogen-bond donors (Lipinski definition) is 4. The van der Waals surface area contributed by atoms with Gasteiger partial charge in [0.05, 0.1) is 14.2 Å². The molecule has 0 atom stereocenters. The van der Waals surface area contributed by atoms with Gasteiger partial charge in [0, 0.05) is 60.9 Å². The summed E-state index contributed by atoms with van der Waals surface area (Å²) in [6, 6.07) is 18.7. The fourth-order valence-electron chi connectivity index (χ4n) is 4.88. The molecule has 3 rings (SSSR count). The zero-order chi connectivity index (χ0) is 31.2. The number of aliphatic imine (C=N–C) groups is 2. The largest absolute Gasteiger partial charge is 0.507 e. The maximum absolute atomic E-state index is 9.78. The molecule has 0 aliphatic heterocycles. The van der Waals surface area contributed by atoms with Crippen molar-refractivity contribution in [2.24, 2.45) is 9.98 Å². The Bertz CT molecular complexity index is 1200. The SMILES string of the molecule is COc1cc(CNCCCCCCN=Cc2ccccc2O)c(OC)cc1CNCCCCCCN=Cc1ccccc1O. The van der Waals surface area contributed by atoms with Gasteiger partial charge in [-0.3, -0.25) is 9.98 Å². The minimum absolute atomic E-state index is 0.270. The zero-order valence-corrected chi connectivity index (χ0v) is 26.4. The summed E-state index contributed by atoms with van der Waals surface area (Å²) in [6.07, 6.45) is 12.4. The second-order valence-electron chi connectivity index (χ2n) is 10.8. The highest BCUT2D eigenvalue weighted by molar-refractivity contribution is 5.83. The lowest BCUT2D eigenvalue weighted by atomic mass is 10.1. The van der Waals surface area contributed by atoms with Gasteiger partial charge in [-0.1, -0.05) is 49.9 Å². The Morgan fingerprint density at radius 3 is 1.41 bits per heavy atom. The second kappa shape index (κ2) is 20.9. The van der Waals surface area contributed by atoms with E-state index >= 15 is 0 Å². The van der Waals surface area contributed by atoms with Crippen LogP contribution >= 0.6 is 0 Å². The van der Waals surface area contributed by atoms with Gasteiger partial charge in [-0.2, -0.15) is 0 Å². The van der Waals surface area contributed by atoms with Crippen LogP contribution in [0.1, 0.15) is 73.6 Å². The summed E-state index contributed by atoms with van der Waals surface area (Å²) < 4.78 is 11.4. The van der Waals surface area contributed by atoms with Gasteiger partial charge < -0.3 is 30.3 Å². The summed E-state index contributed by atoms with van der Waals surface area (Å²) in [5.41, 5.74) is 3.72. The molecule has 0 amide bonds. The summed E-state index contributed by atoms with van der Waals surface area (Å²) in [7, 11) is 3.44. The van der Waals surface area contributed by atoms with E-state index in [-0.39, 0.29) is 11.5 Å². The zero-order valence-electron chi connectivity index (χ0n) is 26.4. The first kappa shape index (κ1) is 34.6. The number of aromatic hydroxyl groups is 2. The lowest BCUT2D eigenvalue weighted by Gasteiger charge is -2.16. The first-order valence-electron chi connectivity index (χ1n) is 15.8. The van der Waals surface area contributed by atoms with Crippen molar-refractivity contribution in [3.05, 3.63) is 82.9 Å². The molecule has 3 aromatic carbocycles. The average Bonchev–Trinajstić information content (AvgIpc) is 3.04. The van der Waals surface area contributed by atoms with Crippen molar-refractivity contribution in [2.45, 2.75) is 64.5 Å². The standard InChI is InChI=1S/C36H50N4O4/c1-43-35-23-32(28-40-22-14-6-4-12-20-38-26-30-16-8-10-18-34(30)42)36(44-2)24-31(35)27-39-21-13-5-3-11-19-37-25-29-15-7-9-17-33(29)41/h7-10,15-18,23-26,39-42H,3-6,11-14,19-22,27-28H2,1-2H3. The molecular weight excluding hydrogens is 552 g/mol. The van der Waals surface area contributed by atoms with Crippen LogP contribution in [0.15, 0.2) is 70.6 Å². The number of phenols is 2. The van der Waals surface area contributed by atoms with Gasteiger partial charge in [0.2, 0.25) is 0 Å². The average molecular weight is 603 g/mol. The molecule has 0 bridgehead atoms. The number of hydrogen-bond acceptors (Lipinski definition) is 8. The molecule has 238 valence electrons. The number of benzene rings is 3. The molecule has 4 N–H and O–H groups in total. The minimum Gasteiger partial charge on any atom is -0.507 e. The Hall–Kier alpha value is -3.88. The summed E-state index contributed by atoms with van der Waals surface area (Å²) >= 11 is 0. The molecule has 8 nitrogen and oxygen atoms in total. The van der Waals surface area contributed by atoms with Crippen LogP contribution in [-0.2, 0) is 13.1 Å². The molecule has 8 heteroatoms. The van der Waals surface area contributed by atoms with E-state index in [2.05, 4.69) is 32.8 Å². The number of ether oxygens (including phenoxy) is 2. The van der Waals surface area contributed by atoms with E-state index in [9.17, 15) is 10.2 Å². The molecule has 0 spiro atoms. The fraction of sp³-hybridized carbons (Fsp3) is 0.444. The van der Waals surface area contributed by atoms with Crippen LogP contribution in [0, 0.1) is 0 Å². The third-order valence-electron chi connectivity index (χ3n) is 7.43. The topological polar surface area (TPSA) is 108 Å². The normalized spacial score (nSPS) is 11.5. The highest BCUT2D eigenvalue weighted by Gasteiger charge is 2.11. The molecule has 0 fully saturated rings. The van der Waals surface area contributed by atoms with Gasteiger partial charge in [-0.25, -0.2) is 0 Å². The number of rotatable bonds is 22. The monoisotopic (exact) mass is 602 g/mol. The van der Waals surface area contributed by atoms with Crippen LogP contribution in [0.3, 0.4) is 0 Å². The summed E-state index contributed by atoms with van der Waals surface area (Å²) in [5, 5.41) is 26.7. The van der Waals surface area contributed by atoms with E-state index < -0.39 is 0 Å².